The second-order valence-electron chi connectivity index (χ2n) is 3.81. The fourth-order valence-corrected chi connectivity index (χ4v) is 1.36. The van der Waals surface area contributed by atoms with Gasteiger partial charge in [0, 0.05) is 26.0 Å². The lowest BCUT2D eigenvalue weighted by Gasteiger charge is -1.97. The van der Waals surface area contributed by atoms with Crippen molar-refractivity contribution in [3.8, 4) is 11.8 Å². The third kappa shape index (κ3) is 4.26. The standard InChI is InChI=1S/C13H14N2O3/c1-10-6-7-12(13(9-10)15(17)18)5-3-4-8-14-11(2)16/h6-7,9H,4,8H2,1-2H3,(H,14,16). The van der Waals surface area contributed by atoms with Crippen LogP contribution in [0.2, 0.25) is 0 Å². The minimum absolute atomic E-state index is 0.0158. The highest BCUT2D eigenvalue weighted by molar-refractivity contribution is 5.72. The predicted molar refractivity (Wildman–Crippen MR) is 68.0 cm³/mol. The van der Waals surface area contributed by atoms with E-state index in [4.69, 9.17) is 0 Å². The van der Waals surface area contributed by atoms with Crippen molar-refractivity contribution in [2.45, 2.75) is 20.3 Å². The lowest BCUT2D eigenvalue weighted by atomic mass is 10.1. The van der Waals surface area contributed by atoms with Gasteiger partial charge < -0.3 is 5.32 Å². The van der Waals surface area contributed by atoms with E-state index in [1.807, 2.05) is 0 Å². The number of nitrogens with zero attached hydrogens (tertiary/aromatic N) is 1. The Labute approximate surface area is 105 Å². The van der Waals surface area contributed by atoms with E-state index < -0.39 is 4.92 Å². The molecular weight excluding hydrogens is 232 g/mol. The third-order valence-electron chi connectivity index (χ3n) is 2.20. The molecule has 0 saturated heterocycles. The summed E-state index contributed by atoms with van der Waals surface area (Å²) in [7, 11) is 0. The number of rotatable bonds is 3. The largest absolute Gasteiger partial charge is 0.355 e. The van der Waals surface area contributed by atoms with Gasteiger partial charge in [0.25, 0.3) is 5.69 Å². The molecule has 18 heavy (non-hydrogen) atoms. The Bertz CT molecular complexity index is 527. The lowest BCUT2D eigenvalue weighted by molar-refractivity contribution is -0.385. The van der Waals surface area contributed by atoms with Crippen molar-refractivity contribution < 1.29 is 9.72 Å². The Morgan fingerprint density at radius 1 is 1.50 bits per heavy atom. The van der Waals surface area contributed by atoms with Crippen LogP contribution in [-0.4, -0.2) is 17.4 Å². The molecule has 1 aromatic carbocycles. The maximum Gasteiger partial charge on any atom is 0.285 e. The normalized spacial score (nSPS) is 9.22. The first-order valence-corrected chi connectivity index (χ1v) is 5.49. The summed E-state index contributed by atoms with van der Waals surface area (Å²) < 4.78 is 0. The molecule has 0 radical (unpaired) electrons. The molecular formula is C13H14N2O3. The molecule has 0 bridgehead atoms. The van der Waals surface area contributed by atoms with Crippen molar-refractivity contribution in [2.24, 2.45) is 0 Å². The number of nitro groups is 1. The third-order valence-corrected chi connectivity index (χ3v) is 2.20. The smallest absolute Gasteiger partial charge is 0.285 e. The average Bonchev–Trinajstić information content (AvgIpc) is 2.29. The van der Waals surface area contributed by atoms with Gasteiger partial charge in [0.15, 0.2) is 0 Å². The summed E-state index contributed by atoms with van der Waals surface area (Å²) in [5.41, 5.74) is 1.24. The van der Waals surface area contributed by atoms with Gasteiger partial charge in [-0.3, -0.25) is 14.9 Å². The Kier molecular flexibility index (Phi) is 4.88. The van der Waals surface area contributed by atoms with Gasteiger partial charge in [-0.2, -0.15) is 0 Å². The highest BCUT2D eigenvalue weighted by atomic mass is 16.6. The number of benzene rings is 1. The van der Waals surface area contributed by atoms with Gasteiger partial charge >= 0.3 is 0 Å². The van der Waals surface area contributed by atoms with E-state index in [1.165, 1.54) is 13.0 Å². The van der Waals surface area contributed by atoms with E-state index in [0.717, 1.165) is 5.56 Å². The second-order valence-corrected chi connectivity index (χ2v) is 3.81. The second kappa shape index (κ2) is 6.40. The Hall–Kier alpha value is -2.35. The van der Waals surface area contributed by atoms with E-state index in [-0.39, 0.29) is 11.6 Å². The van der Waals surface area contributed by atoms with Gasteiger partial charge in [-0.15, -0.1) is 0 Å². The number of hydrogen-bond donors (Lipinski definition) is 1. The van der Waals surface area contributed by atoms with Crippen molar-refractivity contribution in [1.82, 2.24) is 5.32 Å². The average molecular weight is 246 g/mol. The predicted octanol–water partition coefficient (Wildman–Crippen LogP) is 1.78. The summed E-state index contributed by atoms with van der Waals surface area (Å²) in [4.78, 5) is 21.0. The molecule has 1 N–H and O–H groups in total. The first kappa shape index (κ1) is 13.7. The summed E-state index contributed by atoms with van der Waals surface area (Å²) >= 11 is 0. The molecule has 0 spiro atoms. The molecule has 1 amide bonds. The zero-order valence-corrected chi connectivity index (χ0v) is 10.3. The Balaban J connectivity index is 2.75. The highest BCUT2D eigenvalue weighted by Gasteiger charge is 2.11. The maximum absolute atomic E-state index is 10.8. The molecule has 0 aliphatic heterocycles. The molecule has 94 valence electrons. The molecule has 1 aromatic rings. The van der Waals surface area contributed by atoms with E-state index in [9.17, 15) is 14.9 Å². The van der Waals surface area contributed by atoms with E-state index in [0.29, 0.717) is 18.5 Å². The number of amides is 1. The van der Waals surface area contributed by atoms with Crippen LogP contribution in [0.3, 0.4) is 0 Å². The molecule has 0 aliphatic carbocycles. The van der Waals surface area contributed by atoms with Gasteiger partial charge in [0.05, 0.1) is 4.92 Å². The van der Waals surface area contributed by atoms with E-state index >= 15 is 0 Å². The highest BCUT2D eigenvalue weighted by Crippen LogP contribution is 2.18. The number of hydrogen-bond acceptors (Lipinski definition) is 3. The lowest BCUT2D eigenvalue weighted by Crippen LogP contribution is -2.20. The number of nitro benzene ring substituents is 1. The van der Waals surface area contributed by atoms with E-state index in [1.54, 1.807) is 19.1 Å². The van der Waals surface area contributed by atoms with Crippen LogP contribution in [0.5, 0.6) is 0 Å². The summed E-state index contributed by atoms with van der Waals surface area (Å²) in [6.45, 7) is 3.67. The Morgan fingerprint density at radius 2 is 2.22 bits per heavy atom. The zero-order chi connectivity index (χ0) is 13.5. The summed E-state index contributed by atoms with van der Waals surface area (Å²) in [6, 6.07) is 4.92. The van der Waals surface area contributed by atoms with E-state index in [2.05, 4.69) is 17.2 Å². The van der Waals surface area contributed by atoms with Gasteiger partial charge in [-0.05, 0) is 18.6 Å². The summed E-state index contributed by atoms with van der Waals surface area (Å²) in [5.74, 6) is 5.44. The minimum atomic E-state index is -0.440. The van der Waals surface area contributed by atoms with Crippen molar-refractivity contribution in [3.63, 3.8) is 0 Å². The van der Waals surface area contributed by atoms with Crippen LogP contribution < -0.4 is 5.32 Å². The van der Waals surface area contributed by atoms with Crippen LogP contribution in [0.4, 0.5) is 5.69 Å². The Morgan fingerprint density at radius 3 is 2.83 bits per heavy atom. The molecule has 1 rings (SSSR count). The van der Waals surface area contributed by atoms with Crippen LogP contribution in [-0.2, 0) is 4.79 Å². The van der Waals surface area contributed by atoms with Crippen LogP contribution in [0.25, 0.3) is 0 Å². The summed E-state index contributed by atoms with van der Waals surface area (Å²) in [5, 5.41) is 13.4. The monoisotopic (exact) mass is 246 g/mol. The molecule has 0 heterocycles. The zero-order valence-electron chi connectivity index (χ0n) is 10.3. The topological polar surface area (TPSA) is 72.2 Å². The van der Waals surface area contributed by atoms with Gasteiger partial charge in [0.2, 0.25) is 5.91 Å². The molecule has 0 fully saturated rings. The number of aryl methyl sites for hydroxylation is 1. The molecule has 0 unspecified atom stereocenters. The first-order valence-electron chi connectivity index (χ1n) is 5.49. The van der Waals surface area contributed by atoms with Crippen LogP contribution in [0.1, 0.15) is 24.5 Å². The van der Waals surface area contributed by atoms with Gasteiger partial charge in [-0.1, -0.05) is 17.9 Å². The van der Waals surface area contributed by atoms with Crippen LogP contribution in [0, 0.1) is 28.9 Å². The van der Waals surface area contributed by atoms with Crippen LogP contribution >= 0.6 is 0 Å². The number of nitrogens with one attached hydrogen (secondary N) is 1. The van der Waals surface area contributed by atoms with Gasteiger partial charge in [-0.25, -0.2) is 0 Å². The fraction of sp³-hybridized carbons (Fsp3) is 0.308. The quantitative estimate of drug-likeness (QED) is 0.382. The van der Waals surface area contributed by atoms with Crippen LogP contribution in [0.15, 0.2) is 18.2 Å². The van der Waals surface area contributed by atoms with Crippen molar-refractivity contribution in [2.75, 3.05) is 6.54 Å². The van der Waals surface area contributed by atoms with Crippen molar-refractivity contribution >= 4 is 11.6 Å². The van der Waals surface area contributed by atoms with Crippen molar-refractivity contribution in [3.05, 3.63) is 39.4 Å². The molecule has 5 heteroatoms. The molecule has 5 nitrogen and oxygen atoms in total. The number of carbonyl (C=O) groups excluding carboxylic acids is 1. The molecule has 0 atom stereocenters. The molecule has 0 saturated carbocycles. The maximum atomic E-state index is 10.8. The fourth-order valence-electron chi connectivity index (χ4n) is 1.36. The molecule has 0 aliphatic rings. The first-order chi connectivity index (χ1) is 8.50. The van der Waals surface area contributed by atoms with Gasteiger partial charge in [0.1, 0.15) is 5.56 Å². The minimum Gasteiger partial charge on any atom is -0.355 e. The summed E-state index contributed by atoms with van der Waals surface area (Å²) in [6.07, 6.45) is 0.463. The molecule has 0 aromatic heterocycles. The van der Waals surface area contributed by atoms with Crippen molar-refractivity contribution in [1.29, 1.82) is 0 Å². The SMILES string of the molecule is CC(=O)NCCC#Cc1ccc(C)cc1[N+](=O)[O-]. The number of carbonyl (C=O) groups is 1.